The summed E-state index contributed by atoms with van der Waals surface area (Å²) in [5, 5.41) is 9.83. The number of amides is 1. The van der Waals surface area contributed by atoms with Gasteiger partial charge in [0, 0.05) is 0 Å². The zero-order chi connectivity index (χ0) is 27.4. The van der Waals surface area contributed by atoms with Gasteiger partial charge in [-0.1, -0.05) is 54.6 Å². The number of aromatic nitrogens is 3. The zero-order valence-electron chi connectivity index (χ0n) is 21.5. The molecule has 39 heavy (non-hydrogen) atoms. The number of benzene rings is 2. The number of ketones is 1. The first kappa shape index (κ1) is 26.0. The van der Waals surface area contributed by atoms with Gasteiger partial charge in [0.05, 0.1) is 38.9 Å². The van der Waals surface area contributed by atoms with Crippen molar-refractivity contribution < 1.29 is 19.1 Å². The number of nitrogens with one attached hydrogen (secondary N) is 1. The van der Waals surface area contributed by atoms with E-state index in [0.717, 1.165) is 16.1 Å². The molecule has 0 radical (unpaired) electrons. The summed E-state index contributed by atoms with van der Waals surface area (Å²) in [7, 11) is 0. The second-order valence-electron chi connectivity index (χ2n) is 9.06. The minimum Gasteiger partial charge on any atom is -0.452 e. The topological polar surface area (TPSA) is 103 Å². The average molecular weight is 539 g/mol. The van der Waals surface area contributed by atoms with Crippen molar-refractivity contribution >= 4 is 40.0 Å². The Labute approximate surface area is 229 Å². The number of fused-ring (bicyclic) bond motifs is 1. The minimum atomic E-state index is -0.719. The predicted octanol–water partition coefficient (Wildman–Crippen LogP) is 4.93. The fourth-order valence-electron chi connectivity index (χ4n) is 4.34. The fraction of sp³-hybridized carbons (Fsp3) is 0.167. The quantitative estimate of drug-likeness (QED) is 0.267. The van der Waals surface area contributed by atoms with E-state index in [-0.39, 0.29) is 11.3 Å². The maximum atomic E-state index is 13.4. The third-order valence-electron chi connectivity index (χ3n) is 6.25. The molecule has 3 aromatic heterocycles. The molecule has 2 aromatic carbocycles. The Morgan fingerprint density at radius 3 is 2.38 bits per heavy atom. The summed E-state index contributed by atoms with van der Waals surface area (Å²) in [6, 6.07) is 23.7. The Bertz CT molecular complexity index is 1630. The highest BCUT2D eigenvalue weighted by Crippen LogP contribution is 2.31. The van der Waals surface area contributed by atoms with Gasteiger partial charge < -0.3 is 10.1 Å². The number of rotatable bonds is 9. The van der Waals surface area contributed by atoms with Gasteiger partial charge in [-0.15, -0.1) is 11.3 Å². The molecule has 0 spiro atoms. The van der Waals surface area contributed by atoms with Crippen LogP contribution < -0.4 is 5.32 Å². The number of aryl methyl sites for hydroxylation is 1. The van der Waals surface area contributed by atoms with Crippen LogP contribution in [-0.4, -0.2) is 45.1 Å². The molecule has 1 amide bonds. The number of ether oxygens (including phenoxy) is 1. The van der Waals surface area contributed by atoms with E-state index in [2.05, 4.69) is 10.4 Å². The molecule has 1 N–H and O–H groups in total. The Morgan fingerprint density at radius 2 is 1.72 bits per heavy atom. The number of hydrogen-bond donors (Lipinski definition) is 1. The third-order valence-corrected chi connectivity index (χ3v) is 7.14. The van der Waals surface area contributed by atoms with Gasteiger partial charge in [0.25, 0.3) is 5.91 Å². The van der Waals surface area contributed by atoms with Crippen LogP contribution in [0.15, 0.2) is 84.2 Å². The van der Waals surface area contributed by atoms with E-state index in [4.69, 9.17) is 9.72 Å². The van der Waals surface area contributed by atoms with Crippen LogP contribution in [0.4, 0.5) is 0 Å². The minimum absolute atomic E-state index is 0.182. The molecule has 0 aliphatic heterocycles. The first-order chi connectivity index (χ1) is 18.9. The Morgan fingerprint density at radius 1 is 1.00 bits per heavy atom. The molecule has 0 fully saturated rings. The molecule has 0 saturated carbocycles. The highest BCUT2D eigenvalue weighted by molar-refractivity contribution is 7.13. The van der Waals surface area contributed by atoms with E-state index in [1.165, 1.54) is 18.3 Å². The average Bonchev–Trinajstić information content (AvgIpc) is 3.60. The lowest BCUT2D eigenvalue weighted by atomic mass is 10.0. The molecule has 8 nitrogen and oxygen atoms in total. The van der Waals surface area contributed by atoms with Gasteiger partial charge in [0.2, 0.25) is 0 Å². The Balaban J connectivity index is 1.41. The third kappa shape index (κ3) is 5.78. The molecule has 0 aliphatic carbocycles. The van der Waals surface area contributed by atoms with Crippen molar-refractivity contribution in [3.63, 3.8) is 0 Å². The van der Waals surface area contributed by atoms with E-state index in [1.807, 2.05) is 78.2 Å². The number of carbonyl (C=O) groups excluding carboxylic acids is 3. The van der Waals surface area contributed by atoms with Crippen molar-refractivity contribution in [2.45, 2.75) is 26.3 Å². The van der Waals surface area contributed by atoms with Crippen molar-refractivity contribution in [2.75, 3.05) is 6.61 Å². The zero-order valence-corrected chi connectivity index (χ0v) is 22.3. The summed E-state index contributed by atoms with van der Waals surface area (Å²) in [6.45, 7) is 2.70. The predicted molar refractivity (Wildman–Crippen MR) is 150 cm³/mol. The summed E-state index contributed by atoms with van der Waals surface area (Å²) in [4.78, 5) is 43.9. The van der Waals surface area contributed by atoms with Crippen molar-refractivity contribution in [1.29, 1.82) is 0 Å². The van der Waals surface area contributed by atoms with Crippen LogP contribution in [0.2, 0.25) is 0 Å². The van der Waals surface area contributed by atoms with Crippen LogP contribution in [0.1, 0.15) is 28.5 Å². The monoisotopic (exact) mass is 538 g/mol. The molecule has 0 bridgehead atoms. The summed E-state index contributed by atoms with van der Waals surface area (Å²) < 4.78 is 7.15. The van der Waals surface area contributed by atoms with Gasteiger partial charge in [0.15, 0.2) is 18.0 Å². The van der Waals surface area contributed by atoms with Crippen molar-refractivity contribution in [2.24, 2.45) is 0 Å². The number of thiophene rings is 1. The first-order valence-electron chi connectivity index (χ1n) is 12.4. The molecule has 9 heteroatoms. The number of esters is 1. The molecule has 3 heterocycles. The number of hydrogen-bond acceptors (Lipinski definition) is 7. The number of Topliss-reactive ketones (excluding diaryl/α,β-unsaturated/α-hetero) is 1. The Hall–Kier alpha value is -4.63. The van der Waals surface area contributed by atoms with E-state index in [1.54, 1.807) is 17.7 Å². The summed E-state index contributed by atoms with van der Waals surface area (Å²) >= 11 is 1.50. The van der Waals surface area contributed by atoms with Gasteiger partial charge >= 0.3 is 5.97 Å². The number of nitrogens with zero attached hydrogens (tertiary/aromatic N) is 3. The standard InChI is InChI=1S/C30H26N4O4S/c1-19-28-23(30(37)38-18-27(36)31-24(20(2)35)16-21-10-5-3-6-11-21)17-25(26-14-9-15-39-26)32-29(28)34(33-19)22-12-7-4-8-13-22/h3-15,17,24H,16,18H2,1-2H3,(H,31,36)/t24-/m0/s1. The van der Waals surface area contributed by atoms with E-state index < -0.39 is 24.5 Å². The molecule has 196 valence electrons. The lowest BCUT2D eigenvalue weighted by molar-refractivity contribution is -0.128. The molecule has 5 aromatic rings. The summed E-state index contributed by atoms with van der Waals surface area (Å²) in [5.74, 6) is -1.41. The SMILES string of the molecule is CC(=O)[C@H](Cc1ccccc1)NC(=O)COC(=O)c1cc(-c2cccs2)nc2c1c(C)nn2-c1ccccc1. The van der Waals surface area contributed by atoms with Crippen LogP contribution >= 0.6 is 11.3 Å². The van der Waals surface area contributed by atoms with E-state index in [9.17, 15) is 14.4 Å². The van der Waals surface area contributed by atoms with Crippen LogP contribution in [-0.2, 0) is 20.7 Å². The van der Waals surface area contributed by atoms with Crippen LogP contribution in [0.25, 0.3) is 27.3 Å². The Kier molecular flexibility index (Phi) is 7.60. The molecule has 1 atom stereocenters. The van der Waals surface area contributed by atoms with Gasteiger partial charge in [-0.25, -0.2) is 14.5 Å². The van der Waals surface area contributed by atoms with Crippen LogP contribution in [0.3, 0.4) is 0 Å². The van der Waals surface area contributed by atoms with Crippen LogP contribution in [0.5, 0.6) is 0 Å². The molecule has 0 aliphatic rings. The van der Waals surface area contributed by atoms with Gasteiger partial charge in [-0.2, -0.15) is 5.10 Å². The molecule has 0 saturated heterocycles. The molecule has 0 unspecified atom stereocenters. The van der Waals surface area contributed by atoms with E-state index >= 15 is 0 Å². The first-order valence-corrected chi connectivity index (χ1v) is 13.3. The van der Waals surface area contributed by atoms with Crippen LogP contribution in [0, 0.1) is 6.92 Å². The molecular weight excluding hydrogens is 512 g/mol. The highest BCUT2D eigenvalue weighted by Gasteiger charge is 2.24. The maximum Gasteiger partial charge on any atom is 0.339 e. The number of carbonyl (C=O) groups is 3. The van der Waals surface area contributed by atoms with Crippen molar-refractivity contribution in [3.8, 4) is 16.3 Å². The van der Waals surface area contributed by atoms with Gasteiger partial charge in [0.1, 0.15) is 0 Å². The van der Waals surface area contributed by atoms with E-state index in [0.29, 0.717) is 28.8 Å². The smallest absolute Gasteiger partial charge is 0.339 e. The van der Waals surface area contributed by atoms with Crippen molar-refractivity contribution in [3.05, 3.63) is 101 Å². The second-order valence-corrected chi connectivity index (χ2v) is 10.0. The number of pyridine rings is 1. The normalized spacial score (nSPS) is 11.7. The lowest BCUT2D eigenvalue weighted by Gasteiger charge is -2.16. The van der Waals surface area contributed by atoms with Gasteiger partial charge in [-0.3, -0.25) is 9.59 Å². The molecule has 5 rings (SSSR count). The highest BCUT2D eigenvalue weighted by atomic mass is 32.1. The van der Waals surface area contributed by atoms with Crippen molar-refractivity contribution in [1.82, 2.24) is 20.1 Å². The maximum absolute atomic E-state index is 13.4. The summed E-state index contributed by atoms with van der Waals surface area (Å²) in [5.41, 5.74) is 3.71. The largest absolute Gasteiger partial charge is 0.452 e. The van der Waals surface area contributed by atoms with Gasteiger partial charge in [-0.05, 0) is 55.5 Å². The molecular formula is C30H26N4O4S. The number of para-hydroxylation sites is 1. The summed E-state index contributed by atoms with van der Waals surface area (Å²) in [6.07, 6.45) is 0.350. The fourth-order valence-corrected chi connectivity index (χ4v) is 5.03. The second kappa shape index (κ2) is 11.4. The lowest BCUT2D eigenvalue weighted by Crippen LogP contribution is -2.43.